The molecular formula is C22H19FN4O2S. The molecule has 152 valence electrons. The Bertz CT molecular complexity index is 1190. The van der Waals surface area contributed by atoms with Crippen LogP contribution in [0.4, 0.5) is 4.39 Å². The number of amides is 1. The van der Waals surface area contributed by atoms with Crippen LogP contribution in [0.5, 0.6) is 11.6 Å². The van der Waals surface area contributed by atoms with Crippen LogP contribution < -0.4 is 10.1 Å². The normalized spacial score (nSPS) is 10.8. The molecule has 4 aromatic rings. The number of hydrogen-bond acceptors (Lipinski definition) is 5. The maximum absolute atomic E-state index is 13.4. The lowest BCUT2D eigenvalue weighted by Gasteiger charge is -2.11. The van der Waals surface area contributed by atoms with E-state index in [9.17, 15) is 9.18 Å². The number of carbonyl (C=O) groups is 1. The number of halogens is 1. The van der Waals surface area contributed by atoms with Gasteiger partial charge < -0.3 is 10.1 Å². The summed E-state index contributed by atoms with van der Waals surface area (Å²) < 4.78 is 21.1. The Kier molecular flexibility index (Phi) is 5.58. The number of hydrogen-bond donors (Lipinski definition) is 1. The molecule has 6 nitrogen and oxygen atoms in total. The monoisotopic (exact) mass is 422 g/mol. The summed E-state index contributed by atoms with van der Waals surface area (Å²) in [5.41, 5.74) is 3.02. The van der Waals surface area contributed by atoms with E-state index in [1.807, 2.05) is 29.9 Å². The molecule has 0 fully saturated rings. The number of rotatable bonds is 6. The molecule has 3 heterocycles. The summed E-state index contributed by atoms with van der Waals surface area (Å²) in [6.45, 7) is 4.06. The zero-order valence-corrected chi connectivity index (χ0v) is 17.2. The summed E-state index contributed by atoms with van der Waals surface area (Å²) in [4.78, 5) is 21.4. The zero-order chi connectivity index (χ0) is 21.1. The number of nitrogens with one attached hydrogen (secondary N) is 1. The molecule has 0 saturated heterocycles. The van der Waals surface area contributed by atoms with Crippen molar-refractivity contribution in [3.8, 4) is 16.8 Å². The maximum Gasteiger partial charge on any atom is 0.253 e. The van der Waals surface area contributed by atoms with Gasteiger partial charge in [0.1, 0.15) is 11.6 Å². The summed E-state index contributed by atoms with van der Waals surface area (Å²) >= 11 is 1.51. The molecular weight excluding hydrogens is 403 g/mol. The minimum Gasteiger partial charge on any atom is -0.439 e. The molecule has 8 heteroatoms. The third-order valence-corrected chi connectivity index (χ3v) is 5.34. The van der Waals surface area contributed by atoms with Crippen molar-refractivity contribution in [1.82, 2.24) is 19.9 Å². The lowest BCUT2D eigenvalue weighted by molar-refractivity contribution is 0.0950. The number of carbonyl (C=O) groups excluding carboxylic acids is 1. The van der Waals surface area contributed by atoms with E-state index in [0.29, 0.717) is 22.8 Å². The van der Waals surface area contributed by atoms with Crippen molar-refractivity contribution in [1.29, 1.82) is 0 Å². The number of aromatic nitrogens is 3. The molecule has 1 N–H and O–H groups in total. The van der Waals surface area contributed by atoms with E-state index in [2.05, 4.69) is 15.3 Å². The Balaban J connectivity index is 1.51. The van der Waals surface area contributed by atoms with Gasteiger partial charge in [-0.25, -0.2) is 14.4 Å². The maximum atomic E-state index is 13.4. The average Bonchev–Trinajstić information content (AvgIpc) is 3.35. The fourth-order valence-electron chi connectivity index (χ4n) is 3.18. The van der Waals surface area contributed by atoms with Crippen LogP contribution in [0.25, 0.3) is 5.13 Å². The number of benzene rings is 1. The van der Waals surface area contributed by atoms with E-state index in [-0.39, 0.29) is 12.5 Å². The van der Waals surface area contributed by atoms with Crippen LogP contribution in [-0.4, -0.2) is 20.4 Å². The van der Waals surface area contributed by atoms with Gasteiger partial charge in [-0.05, 0) is 38.1 Å². The fraction of sp³-hybridized carbons (Fsp3) is 0.136. The van der Waals surface area contributed by atoms with Gasteiger partial charge in [0.2, 0.25) is 5.88 Å². The number of aryl methyl sites for hydroxylation is 1. The van der Waals surface area contributed by atoms with Gasteiger partial charge in [-0.2, -0.15) is 0 Å². The van der Waals surface area contributed by atoms with E-state index >= 15 is 0 Å². The largest absolute Gasteiger partial charge is 0.439 e. The van der Waals surface area contributed by atoms with E-state index in [0.717, 1.165) is 16.5 Å². The molecule has 0 aliphatic heterocycles. The van der Waals surface area contributed by atoms with Crippen molar-refractivity contribution in [2.45, 2.75) is 20.4 Å². The van der Waals surface area contributed by atoms with Gasteiger partial charge in [0.15, 0.2) is 5.13 Å². The molecule has 0 aliphatic rings. The Morgan fingerprint density at radius 3 is 2.80 bits per heavy atom. The number of thiazole rings is 1. The zero-order valence-electron chi connectivity index (χ0n) is 16.4. The summed E-state index contributed by atoms with van der Waals surface area (Å²) in [6, 6.07) is 11.2. The second-order valence-electron chi connectivity index (χ2n) is 6.64. The first-order chi connectivity index (χ1) is 14.5. The molecule has 0 unspecified atom stereocenters. The molecule has 30 heavy (non-hydrogen) atoms. The van der Waals surface area contributed by atoms with Crippen LogP contribution in [0, 0.1) is 19.7 Å². The molecule has 3 aromatic heterocycles. The van der Waals surface area contributed by atoms with Gasteiger partial charge in [0, 0.05) is 47.3 Å². The molecule has 4 rings (SSSR count). The van der Waals surface area contributed by atoms with Gasteiger partial charge in [-0.1, -0.05) is 12.1 Å². The van der Waals surface area contributed by atoms with Crippen LogP contribution in [0.1, 0.15) is 27.3 Å². The summed E-state index contributed by atoms with van der Waals surface area (Å²) in [5.74, 6) is 0.0604. The topological polar surface area (TPSA) is 69.0 Å². The predicted molar refractivity (Wildman–Crippen MR) is 113 cm³/mol. The Morgan fingerprint density at radius 1 is 1.17 bits per heavy atom. The molecule has 0 bridgehead atoms. The van der Waals surface area contributed by atoms with Crippen molar-refractivity contribution in [2.75, 3.05) is 0 Å². The van der Waals surface area contributed by atoms with Crippen LogP contribution in [0.2, 0.25) is 0 Å². The van der Waals surface area contributed by atoms with Crippen LogP contribution in [0.15, 0.2) is 60.2 Å². The second kappa shape index (κ2) is 8.46. The summed E-state index contributed by atoms with van der Waals surface area (Å²) in [5, 5.41) is 5.64. The fourth-order valence-corrected chi connectivity index (χ4v) is 3.93. The average molecular weight is 422 g/mol. The molecule has 0 atom stereocenters. The number of ether oxygens (including phenoxy) is 1. The summed E-state index contributed by atoms with van der Waals surface area (Å²) in [6.07, 6.45) is 3.32. The standard InChI is InChI=1S/C22H19FN4O2S/c1-14-11-19(15(2)27(14)22-25-9-10-30-22)20(28)26-13-16-5-4-8-24-21(16)29-18-7-3-6-17(23)12-18/h3-12H,13H2,1-2H3,(H,26,28). The molecule has 1 aromatic carbocycles. The van der Waals surface area contributed by atoms with Crippen molar-refractivity contribution in [3.05, 3.63) is 88.6 Å². The molecule has 0 spiro atoms. The Labute approximate surface area is 177 Å². The van der Waals surface area contributed by atoms with E-state index in [1.165, 1.54) is 23.5 Å². The Morgan fingerprint density at radius 2 is 2.03 bits per heavy atom. The lowest BCUT2D eigenvalue weighted by atomic mass is 10.2. The van der Waals surface area contributed by atoms with E-state index < -0.39 is 5.82 Å². The van der Waals surface area contributed by atoms with Crippen molar-refractivity contribution in [2.24, 2.45) is 0 Å². The third-order valence-electron chi connectivity index (χ3n) is 4.59. The second-order valence-corrected chi connectivity index (χ2v) is 7.52. The first-order valence-electron chi connectivity index (χ1n) is 9.27. The van der Waals surface area contributed by atoms with Gasteiger partial charge in [-0.15, -0.1) is 11.3 Å². The SMILES string of the molecule is Cc1cc(C(=O)NCc2cccnc2Oc2cccc(F)c2)c(C)n1-c1nccs1. The van der Waals surface area contributed by atoms with Gasteiger partial charge in [-0.3, -0.25) is 9.36 Å². The predicted octanol–water partition coefficient (Wildman–Crippen LogP) is 4.81. The quantitative estimate of drug-likeness (QED) is 0.484. The minimum absolute atomic E-state index is 0.202. The van der Waals surface area contributed by atoms with E-state index in [1.54, 1.807) is 36.7 Å². The molecule has 0 aliphatic carbocycles. The third kappa shape index (κ3) is 4.08. The van der Waals surface area contributed by atoms with Crippen molar-refractivity contribution in [3.63, 3.8) is 0 Å². The minimum atomic E-state index is -0.395. The number of nitrogens with zero attached hydrogens (tertiary/aromatic N) is 3. The highest BCUT2D eigenvalue weighted by Gasteiger charge is 2.18. The van der Waals surface area contributed by atoms with Gasteiger partial charge in [0.05, 0.1) is 5.56 Å². The molecule has 0 radical (unpaired) electrons. The highest BCUT2D eigenvalue weighted by Crippen LogP contribution is 2.25. The summed E-state index contributed by atoms with van der Waals surface area (Å²) in [7, 11) is 0. The molecule has 1 amide bonds. The van der Waals surface area contributed by atoms with Crippen LogP contribution in [0.3, 0.4) is 0 Å². The Hall–Kier alpha value is -3.52. The highest BCUT2D eigenvalue weighted by atomic mass is 32.1. The molecule has 0 saturated carbocycles. The first kappa shape index (κ1) is 19.8. The van der Waals surface area contributed by atoms with Gasteiger partial charge >= 0.3 is 0 Å². The number of pyridine rings is 1. The smallest absolute Gasteiger partial charge is 0.253 e. The van der Waals surface area contributed by atoms with Crippen molar-refractivity contribution >= 4 is 17.2 Å². The highest BCUT2D eigenvalue weighted by molar-refractivity contribution is 7.12. The van der Waals surface area contributed by atoms with Gasteiger partial charge in [0.25, 0.3) is 5.91 Å². The first-order valence-corrected chi connectivity index (χ1v) is 10.1. The van der Waals surface area contributed by atoms with Crippen LogP contribution in [-0.2, 0) is 6.54 Å². The van der Waals surface area contributed by atoms with E-state index in [4.69, 9.17) is 4.74 Å². The van der Waals surface area contributed by atoms with Crippen molar-refractivity contribution < 1.29 is 13.9 Å². The lowest BCUT2D eigenvalue weighted by Crippen LogP contribution is -2.23. The van der Waals surface area contributed by atoms with Crippen LogP contribution >= 0.6 is 11.3 Å².